The molecule has 1 aromatic heterocycles. The van der Waals surface area contributed by atoms with Gasteiger partial charge in [0, 0.05) is 12.2 Å². The van der Waals surface area contributed by atoms with Gasteiger partial charge in [0.2, 0.25) is 12.3 Å². The molecule has 0 fully saturated rings. The van der Waals surface area contributed by atoms with Crippen molar-refractivity contribution in [1.29, 1.82) is 0 Å². The zero-order chi connectivity index (χ0) is 18.8. The average molecular weight is 355 g/mol. The van der Waals surface area contributed by atoms with Crippen LogP contribution in [0.5, 0.6) is 0 Å². The molecule has 138 valence electrons. The number of aryl methyl sites for hydroxylation is 1. The van der Waals surface area contributed by atoms with Crippen molar-refractivity contribution in [3.8, 4) is 0 Å². The van der Waals surface area contributed by atoms with E-state index >= 15 is 0 Å². The Morgan fingerprint density at radius 2 is 1.88 bits per heavy atom. The maximum absolute atomic E-state index is 12.5. The highest BCUT2D eigenvalue weighted by atomic mass is 16.2. The molecule has 0 aliphatic carbocycles. The SMILES string of the molecule is CCCCc1ccc(NC=O)c(=O)n1CC(=O)NCCc1ccccc1. The maximum Gasteiger partial charge on any atom is 0.274 e. The maximum atomic E-state index is 12.5. The number of pyridine rings is 1. The molecular weight excluding hydrogens is 330 g/mol. The van der Waals surface area contributed by atoms with Crippen LogP contribution in [0.2, 0.25) is 0 Å². The second-order valence-corrected chi connectivity index (χ2v) is 6.08. The van der Waals surface area contributed by atoms with Crippen LogP contribution in [0.3, 0.4) is 0 Å². The van der Waals surface area contributed by atoms with Crippen molar-refractivity contribution in [3.05, 3.63) is 64.1 Å². The molecule has 2 N–H and O–H groups in total. The smallest absolute Gasteiger partial charge is 0.274 e. The molecule has 0 bridgehead atoms. The van der Waals surface area contributed by atoms with Crippen molar-refractivity contribution >= 4 is 18.0 Å². The Labute approximate surface area is 153 Å². The minimum Gasteiger partial charge on any atom is -0.354 e. The lowest BCUT2D eigenvalue weighted by atomic mass is 10.1. The number of hydrogen-bond acceptors (Lipinski definition) is 3. The Balaban J connectivity index is 2.05. The zero-order valence-corrected chi connectivity index (χ0v) is 15.0. The Morgan fingerprint density at radius 1 is 1.12 bits per heavy atom. The van der Waals surface area contributed by atoms with Crippen LogP contribution in [0.25, 0.3) is 0 Å². The summed E-state index contributed by atoms with van der Waals surface area (Å²) in [6, 6.07) is 13.3. The Kier molecular flexibility index (Phi) is 7.61. The van der Waals surface area contributed by atoms with Crippen LogP contribution in [0.15, 0.2) is 47.3 Å². The number of nitrogens with zero attached hydrogens (tertiary/aromatic N) is 1. The largest absolute Gasteiger partial charge is 0.354 e. The third-order valence-corrected chi connectivity index (χ3v) is 4.15. The first kappa shape index (κ1) is 19.4. The van der Waals surface area contributed by atoms with Crippen LogP contribution in [0, 0.1) is 0 Å². The summed E-state index contributed by atoms with van der Waals surface area (Å²) in [5, 5.41) is 5.24. The van der Waals surface area contributed by atoms with Gasteiger partial charge in [0.1, 0.15) is 12.2 Å². The molecule has 1 aromatic carbocycles. The first-order valence-corrected chi connectivity index (χ1v) is 8.89. The summed E-state index contributed by atoms with van der Waals surface area (Å²) >= 11 is 0. The molecule has 0 saturated heterocycles. The van der Waals surface area contributed by atoms with Gasteiger partial charge in [0.05, 0.1) is 0 Å². The van der Waals surface area contributed by atoms with Crippen LogP contribution >= 0.6 is 0 Å². The monoisotopic (exact) mass is 355 g/mol. The molecule has 0 spiro atoms. The molecule has 2 aromatic rings. The molecule has 6 nitrogen and oxygen atoms in total. The van der Waals surface area contributed by atoms with E-state index in [1.807, 2.05) is 30.3 Å². The van der Waals surface area contributed by atoms with E-state index in [1.165, 1.54) is 4.57 Å². The summed E-state index contributed by atoms with van der Waals surface area (Å²) in [6.07, 6.45) is 3.83. The number of anilines is 1. The lowest BCUT2D eigenvalue weighted by Gasteiger charge is -2.14. The van der Waals surface area contributed by atoms with E-state index in [4.69, 9.17) is 0 Å². The van der Waals surface area contributed by atoms with Gasteiger partial charge in [-0.25, -0.2) is 0 Å². The standard InChI is InChI=1S/C20H25N3O3/c1-2-3-9-17-10-11-18(22-15-24)20(26)23(17)14-19(25)21-13-12-16-7-5-4-6-8-16/h4-8,10-11,15H,2-3,9,12-14H2,1H3,(H,21,25)(H,22,24). The number of hydrogen-bond donors (Lipinski definition) is 2. The van der Waals surface area contributed by atoms with E-state index in [0.29, 0.717) is 19.4 Å². The van der Waals surface area contributed by atoms with Crippen molar-refractivity contribution in [1.82, 2.24) is 9.88 Å². The number of carbonyl (C=O) groups excluding carboxylic acids is 2. The fourth-order valence-corrected chi connectivity index (χ4v) is 2.73. The molecule has 6 heteroatoms. The lowest BCUT2D eigenvalue weighted by molar-refractivity contribution is -0.121. The van der Waals surface area contributed by atoms with Gasteiger partial charge in [0.25, 0.3) is 5.56 Å². The Hall–Kier alpha value is -2.89. The number of nitrogens with one attached hydrogen (secondary N) is 2. The van der Waals surface area contributed by atoms with Crippen molar-refractivity contribution in [2.45, 2.75) is 39.2 Å². The molecule has 2 rings (SSSR count). The van der Waals surface area contributed by atoms with E-state index in [1.54, 1.807) is 12.1 Å². The number of unbranched alkanes of at least 4 members (excludes halogenated alkanes) is 1. The third-order valence-electron chi connectivity index (χ3n) is 4.15. The summed E-state index contributed by atoms with van der Waals surface area (Å²) in [7, 11) is 0. The summed E-state index contributed by atoms with van der Waals surface area (Å²) in [5.41, 5.74) is 1.76. The van der Waals surface area contributed by atoms with Gasteiger partial charge in [-0.05, 0) is 37.0 Å². The highest BCUT2D eigenvalue weighted by molar-refractivity contribution is 5.76. The van der Waals surface area contributed by atoms with Gasteiger partial charge >= 0.3 is 0 Å². The van der Waals surface area contributed by atoms with E-state index < -0.39 is 0 Å². The van der Waals surface area contributed by atoms with Gasteiger partial charge < -0.3 is 15.2 Å². The normalized spacial score (nSPS) is 10.3. The first-order chi connectivity index (χ1) is 12.7. The van der Waals surface area contributed by atoms with Crippen LogP contribution in [0.4, 0.5) is 5.69 Å². The molecule has 0 saturated carbocycles. The molecule has 0 radical (unpaired) electrons. The van der Waals surface area contributed by atoms with Crippen molar-refractivity contribution in [2.75, 3.05) is 11.9 Å². The molecule has 0 aliphatic rings. The quantitative estimate of drug-likeness (QED) is 0.641. The minimum absolute atomic E-state index is 0.0545. The van der Waals surface area contributed by atoms with Gasteiger partial charge in [-0.1, -0.05) is 43.7 Å². The topological polar surface area (TPSA) is 80.2 Å². The average Bonchev–Trinajstić information content (AvgIpc) is 2.65. The lowest BCUT2D eigenvalue weighted by Crippen LogP contribution is -2.35. The highest BCUT2D eigenvalue weighted by Gasteiger charge is 2.12. The van der Waals surface area contributed by atoms with Crippen molar-refractivity contribution in [2.24, 2.45) is 0 Å². The van der Waals surface area contributed by atoms with Crippen molar-refractivity contribution < 1.29 is 9.59 Å². The number of amides is 2. The fourth-order valence-electron chi connectivity index (χ4n) is 2.73. The fraction of sp³-hybridized carbons (Fsp3) is 0.350. The van der Waals surface area contributed by atoms with Gasteiger partial charge in [-0.2, -0.15) is 0 Å². The predicted molar refractivity (Wildman–Crippen MR) is 102 cm³/mol. The minimum atomic E-state index is -0.357. The van der Waals surface area contributed by atoms with Crippen LogP contribution < -0.4 is 16.2 Å². The molecule has 0 unspecified atom stereocenters. The second kappa shape index (κ2) is 10.2. The third kappa shape index (κ3) is 5.58. The highest BCUT2D eigenvalue weighted by Crippen LogP contribution is 2.08. The zero-order valence-electron chi connectivity index (χ0n) is 15.0. The number of benzene rings is 1. The Morgan fingerprint density at radius 3 is 2.58 bits per heavy atom. The molecule has 26 heavy (non-hydrogen) atoms. The van der Waals surface area contributed by atoms with E-state index in [2.05, 4.69) is 17.6 Å². The molecule has 0 atom stereocenters. The Bertz CT molecular complexity index is 785. The van der Waals surface area contributed by atoms with E-state index in [0.717, 1.165) is 30.5 Å². The van der Waals surface area contributed by atoms with Crippen LogP contribution in [-0.4, -0.2) is 23.4 Å². The summed E-state index contributed by atoms with van der Waals surface area (Å²) in [6.45, 7) is 2.52. The van der Waals surface area contributed by atoms with Gasteiger partial charge in [-0.15, -0.1) is 0 Å². The summed E-state index contributed by atoms with van der Waals surface area (Å²) < 4.78 is 1.44. The number of aromatic nitrogens is 1. The summed E-state index contributed by atoms with van der Waals surface area (Å²) in [4.78, 5) is 35.5. The molecule has 1 heterocycles. The molecular formula is C20H25N3O3. The summed E-state index contributed by atoms with van der Waals surface area (Å²) in [5.74, 6) is -0.218. The van der Waals surface area contributed by atoms with Crippen LogP contribution in [0.1, 0.15) is 31.0 Å². The second-order valence-electron chi connectivity index (χ2n) is 6.08. The predicted octanol–water partition coefficient (Wildman–Crippen LogP) is 2.12. The van der Waals surface area contributed by atoms with E-state index in [-0.39, 0.29) is 23.7 Å². The number of rotatable bonds is 10. The number of carbonyl (C=O) groups is 2. The molecule has 2 amide bonds. The van der Waals surface area contributed by atoms with E-state index in [9.17, 15) is 14.4 Å². The van der Waals surface area contributed by atoms with Gasteiger partial charge in [0.15, 0.2) is 0 Å². The first-order valence-electron chi connectivity index (χ1n) is 8.89. The van der Waals surface area contributed by atoms with Crippen molar-refractivity contribution in [3.63, 3.8) is 0 Å². The molecule has 0 aliphatic heterocycles. The van der Waals surface area contributed by atoms with Crippen LogP contribution in [-0.2, 0) is 29.0 Å². The van der Waals surface area contributed by atoms with Gasteiger partial charge in [-0.3, -0.25) is 14.4 Å².